The molecule has 1 fully saturated rings. The Morgan fingerprint density at radius 2 is 2.19 bits per heavy atom. The number of nitrogens with zero attached hydrogens (tertiary/aromatic N) is 5. The number of aromatic nitrogens is 4. The predicted molar refractivity (Wildman–Crippen MR) is 94.6 cm³/mol. The van der Waals surface area contributed by atoms with E-state index in [9.17, 15) is 9.59 Å². The highest BCUT2D eigenvalue weighted by molar-refractivity contribution is 7.17. The number of anilines is 1. The highest BCUT2D eigenvalue weighted by Crippen LogP contribution is 2.35. The fraction of sp³-hybridized carbons (Fsp3) is 0.235. The lowest BCUT2D eigenvalue weighted by Crippen LogP contribution is -2.33. The van der Waals surface area contributed by atoms with E-state index in [0.717, 1.165) is 29.9 Å². The third-order valence-corrected chi connectivity index (χ3v) is 4.97. The zero-order valence-corrected chi connectivity index (χ0v) is 14.7. The van der Waals surface area contributed by atoms with Gasteiger partial charge in [-0.15, -0.1) is 0 Å². The Hall–Kier alpha value is -3.07. The van der Waals surface area contributed by atoms with Gasteiger partial charge in [0.2, 0.25) is 0 Å². The van der Waals surface area contributed by atoms with Crippen molar-refractivity contribution in [3.8, 4) is 5.69 Å². The largest absolute Gasteiger partial charge is 0.465 e. The molecule has 0 N–H and O–H groups in total. The summed E-state index contributed by atoms with van der Waals surface area (Å²) in [7, 11) is 1.32. The Balaban J connectivity index is 1.65. The molecule has 0 atom stereocenters. The fourth-order valence-electron chi connectivity index (χ4n) is 2.57. The molecule has 8 nitrogen and oxygen atoms in total. The van der Waals surface area contributed by atoms with Crippen LogP contribution in [0.2, 0.25) is 0 Å². The monoisotopic (exact) mass is 369 g/mol. The summed E-state index contributed by atoms with van der Waals surface area (Å²) in [6, 6.07) is 7.28. The first-order chi connectivity index (χ1) is 12.7. The second-order valence-corrected chi connectivity index (χ2v) is 6.80. The van der Waals surface area contributed by atoms with E-state index in [1.165, 1.54) is 19.6 Å². The van der Waals surface area contributed by atoms with Crippen molar-refractivity contribution >= 4 is 28.3 Å². The van der Waals surface area contributed by atoms with E-state index in [1.54, 1.807) is 34.1 Å². The molecule has 1 aromatic carbocycles. The summed E-state index contributed by atoms with van der Waals surface area (Å²) in [6.07, 6.45) is 6.30. The molecule has 1 aliphatic rings. The summed E-state index contributed by atoms with van der Waals surface area (Å²) in [5.41, 5.74) is 1.28. The topological polar surface area (TPSA) is 90.2 Å². The lowest BCUT2D eigenvalue weighted by Gasteiger charge is -2.19. The van der Waals surface area contributed by atoms with Crippen molar-refractivity contribution in [2.75, 3.05) is 12.0 Å². The molecule has 2 heterocycles. The molecule has 9 heteroatoms. The number of esters is 1. The molecule has 132 valence electrons. The lowest BCUT2D eigenvalue weighted by atomic mass is 10.1. The van der Waals surface area contributed by atoms with Gasteiger partial charge in [0.15, 0.2) is 5.13 Å². The number of ether oxygens (including phenoxy) is 1. The molecule has 1 saturated carbocycles. The molecule has 0 saturated heterocycles. The van der Waals surface area contributed by atoms with Crippen molar-refractivity contribution in [2.24, 2.45) is 0 Å². The summed E-state index contributed by atoms with van der Waals surface area (Å²) in [5, 5.41) is 4.59. The molecule has 3 aromatic rings. The molecule has 26 heavy (non-hydrogen) atoms. The summed E-state index contributed by atoms with van der Waals surface area (Å²) in [6.45, 7) is 0. The zero-order valence-electron chi connectivity index (χ0n) is 13.9. The zero-order chi connectivity index (χ0) is 18.1. The average molecular weight is 369 g/mol. The van der Waals surface area contributed by atoms with Crippen molar-refractivity contribution in [1.29, 1.82) is 0 Å². The van der Waals surface area contributed by atoms with E-state index in [2.05, 4.69) is 15.1 Å². The molecule has 0 aliphatic heterocycles. The van der Waals surface area contributed by atoms with Crippen molar-refractivity contribution in [3.63, 3.8) is 0 Å². The minimum absolute atomic E-state index is 0.106. The average Bonchev–Trinajstić information content (AvgIpc) is 3.14. The van der Waals surface area contributed by atoms with Crippen molar-refractivity contribution in [3.05, 3.63) is 53.6 Å². The van der Waals surface area contributed by atoms with Crippen LogP contribution in [0.15, 0.2) is 43.1 Å². The molecule has 0 spiro atoms. The minimum atomic E-state index is -0.454. The van der Waals surface area contributed by atoms with Crippen LogP contribution in [0.25, 0.3) is 5.69 Å². The Labute approximate surface area is 153 Å². The number of thiazole rings is 1. The summed E-state index contributed by atoms with van der Waals surface area (Å²) < 4.78 is 6.31. The maximum atomic E-state index is 13.1. The Bertz CT molecular complexity index is 949. The van der Waals surface area contributed by atoms with E-state index in [1.807, 2.05) is 6.07 Å². The first-order valence-corrected chi connectivity index (χ1v) is 8.82. The Morgan fingerprint density at radius 1 is 1.35 bits per heavy atom. The standard InChI is InChI=1S/C17H15N5O3S/c1-25-16(24)14-8-19-17(26-14)22(12-5-6-12)15(23)11-3-2-4-13(7-11)21-10-18-9-20-21/h2-4,7-10,12H,5-6H2,1H3. The molecule has 1 amide bonds. The fourth-order valence-corrected chi connectivity index (χ4v) is 3.48. The molecule has 0 bridgehead atoms. The van der Waals surface area contributed by atoms with E-state index >= 15 is 0 Å². The van der Waals surface area contributed by atoms with Gasteiger partial charge < -0.3 is 4.74 Å². The van der Waals surface area contributed by atoms with Gasteiger partial charge in [0.05, 0.1) is 19.0 Å². The number of benzene rings is 1. The van der Waals surface area contributed by atoms with E-state index in [-0.39, 0.29) is 11.9 Å². The number of carbonyl (C=O) groups excluding carboxylic acids is 2. The maximum Gasteiger partial charge on any atom is 0.349 e. The van der Waals surface area contributed by atoms with Crippen molar-refractivity contribution < 1.29 is 14.3 Å². The lowest BCUT2D eigenvalue weighted by molar-refractivity contribution is 0.0606. The summed E-state index contributed by atoms with van der Waals surface area (Å²) in [4.78, 5) is 35.0. The van der Waals surface area contributed by atoms with Crippen LogP contribution < -0.4 is 4.90 Å². The van der Waals surface area contributed by atoms with Crippen molar-refractivity contribution in [2.45, 2.75) is 18.9 Å². The highest BCUT2D eigenvalue weighted by atomic mass is 32.1. The number of carbonyl (C=O) groups is 2. The van der Waals surface area contributed by atoms with E-state index in [4.69, 9.17) is 4.74 Å². The molecule has 2 aromatic heterocycles. The summed E-state index contributed by atoms with van der Waals surface area (Å²) >= 11 is 1.16. The first-order valence-electron chi connectivity index (χ1n) is 8.00. The van der Waals surface area contributed by atoms with Crippen LogP contribution in [0.5, 0.6) is 0 Å². The smallest absolute Gasteiger partial charge is 0.349 e. The van der Waals surface area contributed by atoms with Gasteiger partial charge >= 0.3 is 5.97 Å². The predicted octanol–water partition coefficient (Wildman–Crippen LogP) is 2.32. The number of hydrogen-bond acceptors (Lipinski definition) is 7. The number of hydrogen-bond donors (Lipinski definition) is 0. The van der Waals surface area contributed by atoms with E-state index in [0.29, 0.717) is 15.6 Å². The van der Waals surface area contributed by atoms with Crippen LogP contribution in [0.1, 0.15) is 32.9 Å². The van der Waals surface area contributed by atoms with Crippen LogP contribution >= 0.6 is 11.3 Å². The van der Waals surface area contributed by atoms with Gasteiger partial charge in [0.1, 0.15) is 17.5 Å². The minimum Gasteiger partial charge on any atom is -0.465 e. The molecule has 1 aliphatic carbocycles. The van der Waals surface area contributed by atoms with Crippen molar-refractivity contribution in [1.82, 2.24) is 19.7 Å². The van der Waals surface area contributed by atoms with Crippen LogP contribution in [-0.4, -0.2) is 44.8 Å². The van der Waals surface area contributed by atoms with Gasteiger partial charge in [-0.05, 0) is 31.0 Å². The second-order valence-electron chi connectivity index (χ2n) is 5.80. The summed E-state index contributed by atoms with van der Waals surface area (Å²) in [5.74, 6) is -0.606. The van der Waals surface area contributed by atoms with E-state index < -0.39 is 5.97 Å². The third-order valence-electron chi connectivity index (χ3n) is 3.99. The normalized spacial score (nSPS) is 13.4. The van der Waals surface area contributed by atoms with Gasteiger partial charge in [-0.2, -0.15) is 5.10 Å². The first kappa shape index (κ1) is 16.4. The highest BCUT2D eigenvalue weighted by Gasteiger charge is 2.36. The van der Waals surface area contributed by atoms with Gasteiger partial charge in [0, 0.05) is 11.6 Å². The quantitative estimate of drug-likeness (QED) is 0.641. The van der Waals surface area contributed by atoms with Crippen LogP contribution in [0, 0.1) is 0 Å². The number of rotatable bonds is 5. The molecule has 4 rings (SSSR count). The Morgan fingerprint density at radius 3 is 2.88 bits per heavy atom. The van der Waals surface area contributed by atoms with Crippen LogP contribution in [0.4, 0.5) is 5.13 Å². The van der Waals surface area contributed by atoms with Crippen LogP contribution in [-0.2, 0) is 4.74 Å². The molecular weight excluding hydrogens is 354 g/mol. The molecule has 0 radical (unpaired) electrons. The second kappa shape index (κ2) is 6.68. The number of methoxy groups -OCH3 is 1. The van der Waals surface area contributed by atoms with Crippen LogP contribution in [0.3, 0.4) is 0 Å². The van der Waals surface area contributed by atoms with Gasteiger partial charge in [-0.3, -0.25) is 9.69 Å². The SMILES string of the molecule is COC(=O)c1cnc(N(C(=O)c2cccc(-n3cncn3)c2)C2CC2)s1. The van der Waals surface area contributed by atoms with Gasteiger partial charge in [-0.1, -0.05) is 17.4 Å². The van der Waals surface area contributed by atoms with Gasteiger partial charge in [0.25, 0.3) is 5.91 Å². The maximum absolute atomic E-state index is 13.1. The number of amides is 1. The molecular formula is C17H15N5O3S. The Kier molecular flexibility index (Phi) is 4.21. The molecule has 0 unspecified atom stereocenters. The third kappa shape index (κ3) is 3.08. The van der Waals surface area contributed by atoms with Gasteiger partial charge in [-0.25, -0.2) is 19.4 Å².